The van der Waals surface area contributed by atoms with Crippen LogP contribution in [-0.2, 0) is 11.3 Å². The van der Waals surface area contributed by atoms with Gasteiger partial charge in [-0.15, -0.1) is 0 Å². The summed E-state index contributed by atoms with van der Waals surface area (Å²) in [5.74, 6) is 1.21. The van der Waals surface area contributed by atoms with Gasteiger partial charge in [0.2, 0.25) is 0 Å². The summed E-state index contributed by atoms with van der Waals surface area (Å²) in [5.41, 5.74) is 4.39. The summed E-state index contributed by atoms with van der Waals surface area (Å²) in [4.78, 5) is 19.0. The number of ether oxygens (including phenoxy) is 1. The number of guanidine groups is 1. The Bertz CT molecular complexity index is 898. The van der Waals surface area contributed by atoms with Gasteiger partial charge < -0.3 is 20.3 Å². The van der Waals surface area contributed by atoms with Crippen molar-refractivity contribution in [1.29, 1.82) is 0 Å². The summed E-state index contributed by atoms with van der Waals surface area (Å²) in [6, 6.07) is 16.4. The fraction of sp³-hybridized carbons (Fsp3) is 0.462. The fourth-order valence-electron chi connectivity index (χ4n) is 3.96. The summed E-state index contributed by atoms with van der Waals surface area (Å²) in [6.45, 7) is 11.0. The first-order chi connectivity index (χ1) is 15.4. The number of amides is 1. The highest BCUT2D eigenvalue weighted by atomic mass is 16.5. The fourth-order valence-corrected chi connectivity index (χ4v) is 3.96. The topological polar surface area (TPSA) is 66.0 Å². The summed E-state index contributed by atoms with van der Waals surface area (Å²) >= 11 is 0. The van der Waals surface area contributed by atoms with E-state index in [0.29, 0.717) is 31.1 Å². The van der Waals surface area contributed by atoms with Crippen molar-refractivity contribution in [3.63, 3.8) is 0 Å². The summed E-state index contributed by atoms with van der Waals surface area (Å²) in [6.07, 6.45) is 0.137. The third kappa shape index (κ3) is 6.57. The zero-order valence-electron chi connectivity index (χ0n) is 19.9. The van der Waals surface area contributed by atoms with Gasteiger partial charge in [0.05, 0.1) is 12.2 Å². The molecule has 1 fully saturated rings. The Labute approximate surface area is 192 Å². The lowest BCUT2D eigenvalue weighted by Gasteiger charge is -2.35. The second-order valence-corrected chi connectivity index (χ2v) is 8.78. The van der Waals surface area contributed by atoms with Crippen molar-refractivity contribution in [2.75, 3.05) is 26.7 Å². The molecule has 0 bridgehead atoms. The van der Waals surface area contributed by atoms with E-state index in [9.17, 15) is 4.79 Å². The maximum absolute atomic E-state index is 12.8. The first-order valence-electron chi connectivity index (χ1n) is 11.4. The normalized spacial score (nSPS) is 20.0. The Hall–Kier alpha value is -2.86. The number of rotatable bonds is 6. The molecule has 6 heteroatoms. The van der Waals surface area contributed by atoms with Crippen LogP contribution in [0.4, 0.5) is 0 Å². The minimum Gasteiger partial charge on any atom is -0.372 e. The molecule has 1 aliphatic heterocycles. The Balaban J connectivity index is 1.49. The van der Waals surface area contributed by atoms with E-state index >= 15 is 0 Å². The van der Waals surface area contributed by atoms with Crippen molar-refractivity contribution >= 4 is 11.9 Å². The third-order valence-electron chi connectivity index (χ3n) is 5.81. The van der Waals surface area contributed by atoms with E-state index in [1.54, 1.807) is 7.05 Å². The predicted molar refractivity (Wildman–Crippen MR) is 130 cm³/mol. The Morgan fingerprint density at radius 1 is 1.06 bits per heavy atom. The van der Waals surface area contributed by atoms with E-state index < -0.39 is 0 Å². The van der Waals surface area contributed by atoms with Gasteiger partial charge in [-0.05, 0) is 49.9 Å². The number of carbonyl (C=O) groups is 1. The monoisotopic (exact) mass is 436 g/mol. The number of nitrogens with zero attached hydrogens (tertiary/aromatic N) is 2. The first kappa shape index (κ1) is 23.8. The molecule has 0 aliphatic carbocycles. The molecule has 1 aliphatic rings. The number of hydrogen-bond donors (Lipinski definition) is 2. The second-order valence-electron chi connectivity index (χ2n) is 8.78. The molecule has 0 spiro atoms. The van der Waals surface area contributed by atoms with E-state index in [4.69, 9.17) is 4.74 Å². The van der Waals surface area contributed by atoms with Crippen LogP contribution in [0, 0.1) is 6.92 Å². The zero-order valence-corrected chi connectivity index (χ0v) is 19.9. The van der Waals surface area contributed by atoms with Crippen molar-refractivity contribution in [3.8, 4) is 0 Å². The molecule has 1 heterocycles. The number of carbonyl (C=O) groups excluding carboxylic acids is 1. The highest BCUT2D eigenvalue weighted by molar-refractivity contribution is 5.94. The van der Waals surface area contributed by atoms with E-state index in [1.165, 1.54) is 11.1 Å². The van der Waals surface area contributed by atoms with E-state index in [-0.39, 0.29) is 18.1 Å². The minimum atomic E-state index is 0.0640. The van der Waals surface area contributed by atoms with Gasteiger partial charge in [0.15, 0.2) is 5.96 Å². The van der Waals surface area contributed by atoms with Crippen molar-refractivity contribution in [2.45, 2.75) is 52.4 Å². The SMILES string of the molecule is CN=C(NCc1ccc(C(=O)N2CC(C)OC(C)C2)cc1)NCC(C)c1ccc(C)cc1. The second kappa shape index (κ2) is 11.1. The van der Waals surface area contributed by atoms with Gasteiger partial charge in [-0.25, -0.2) is 0 Å². The molecule has 2 aromatic carbocycles. The van der Waals surface area contributed by atoms with Crippen molar-refractivity contribution in [1.82, 2.24) is 15.5 Å². The largest absolute Gasteiger partial charge is 0.372 e. The van der Waals surface area contributed by atoms with Gasteiger partial charge >= 0.3 is 0 Å². The van der Waals surface area contributed by atoms with Crippen LogP contribution in [-0.4, -0.2) is 55.7 Å². The molecule has 32 heavy (non-hydrogen) atoms. The average molecular weight is 437 g/mol. The molecule has 0 radical (unpaired) electrons. The zero-order chi connectivity index (χ0) is 23.1. The van der Waals surface area contributed by atoms with Gasteiger partial charge in [-0.1, -0.05) is 48.9 Å². The molecule has 6 nitrogen and oxygen atoms in total. The molecule has 3 atom stereocenters. The highest BCUT2D eigenvalue weighted by Crippen LogP contribution is 2.16. The van der Waals surface area contributed by atoms with Gasteiger partial charge in [0, 0.05) is 38.8 Å². The average Bonchev–Trinajstić information content (AvgIpc) is 2.78. The number of aryl methyl sites for hydroxylation is 1. The van der Waals surface area contributed by atoms with E-state index in [1.807, 2.05) is 43.0 Å². The van der Waals surface area contributed by atoms with Gasteiger partial charge in [-0.2, -0.15) is 0 Å². The van der Waals surface area contributed by atoms with Crippen LogP contribution in [0.15, 0.2) is 53.5 Å². The molecule has 2 aromatic rings. The lowest BCUT2D eigenvalue weighted by molar-refractivity contribution is -0.0586. The number of nitrogens with one attached hydrogen (secondary N) is 2. The van der Waals surface area contributed by atoms with Crippen LogP contribution in [0.25, 0.3) is 0 Å². The lowest BCUT2D eigenvalue weighted by Crippen LogP contribution is -2.48. The Kier molecular flexibility index (Phi) is 8.28. The highest BCUT2D eigenvalue weighted by Gasteiger charge is 2.26. The van der Waals surface area contributed by atoms with Crippen molar-refractivity contribution < 1.29 is 9.53 Å². The quantitative estimate of drug-likeness (QED) is 0.535. The molecule has 0 saturated carbocycles. The van der Waals surface area contributed by atoms with Gasteiger partial charge in [0.25, 0.3) is 5.91 Å². The molecule has 1 amide bonds. The smallest absolute Gasteiger partial charge is 0.254 e. The van der Waals surface area contributed by atoms with E-state index in [2.05, 4.69) is 53.7 Å². The molecule has 172 valence electrons. The van der Waals surface area contributed by atoms with Crippen molar-refractivity contribution in [3.05, 3.63) is 70.8 Å². The predicted octanol–water partition coefficient (Wildman–Crippen LogP) is 3.71. The molecular formula is C26H36N4O2. The Morgan fingerprint density at radius 2 is 1.69 bits per heavy atom. The molecule has 0 aromatic heterocycles. The first-order valence-corrected chi connectivity index (χ1v) is 11.4. The van der Waals surface area contributed by atoms with Crippen LogP contribution in [0.3, 0.4) is 0 Å². The van der Waals surface area contributed by atoms with Crippen LogP contribution in [0.5, 0.6) is 0 Å². The Morgan fingerprint density at radius 3 is 2.28 bits per heavy atom. The number of aliphatic imine (C=N–C) groups is 1. The minimum absolute atomic E-state index is 0.0640. The maximum Gasteiger partial charge on any atom is 0.254 e. The van der Waals surface area contributed by atoms with Crippen molar-refractivity contribution in [2.24, 2.45) is 4.99 Å². The van der Waals surface area contributed by atoms with Gasteiger partial charge in [-0.3, -0.25) is 9.79 Å². The number of benzene rings is 2. The third-order valence-corrected chi connectivity index (χ3v) is 5.81. The number of hydrogen-bond acceptors (Lipinski definition) is 3. The molecule has 2 N–H and O–H groups in total. The van der Waals surface area contributed by atoms with Crippen LogP contribution in [0.2, 0.25) is 0 Å². The molecule has 3 rings (SSSR count). The van der Waals surface area contributed by atoms with Crippen LogP contribution in [0.1, 0.15) is 53.7 Å². The number of morpholine rings is 1. The van der Waals surface area contributed by atoms with Crippen LogP contribution < -0.4 is 10.6 Å². The lowest BCUT2D eigenvalue weighted by atomic mass is 10.0. The molecule has 1 saturated heterocycles. The molecule has 3 unspecified atom stereocenters. The standard InChI is InChI=1S/C26H36N4O2/c1-18-6-10-23(11-7-18)19(2)14-28-26(27-5)29-15-22-8-12-24(13-9-22)25(31)30-16-20(3)32-21(4)17-30/h6-13,19-21H,14-17H2,1-5H3,(H2,27,28,29). The van der Waals surface area contributed by atoms with Crippen LogP contribution >= 0.6 is 0 Å². The van der Waals surface area contributed by atoms with Gasteiger partial charge in [0.1, 0.15) is 0 Å². The molecular weight excluding hydrogens is 400 g/mol. The van der Waals surface area contributed by atoms with E-state index in [0.717, 1.165) is 18.1 Å². The summed E-state index contributed by atoms with van der Waals surface area (Å²) < 4.78 is 5.73. The summed E-state index contributed by atoms with van der Waals surface area (Å²) in [7, 11) is 1.78. The maximum atomic E-state index is 12.8. The summed E-state index contributed by atoms with van der Waals surface area (Å²) in [5, 5.41) is 6.75.